The van der Waals surface area contributed by atoms with Crippen molar-refractivity contribution in [2.24, 2.45) is 5.41 Å². The summed E-state index contributed by atoms with van der Waals surface area (Å²) in [5.41, 5.74) is -0.0700. The van der Waals surface area contributed by atoms with E-state index in [-0.39, 0.29) is 22.1 Å². The van der Waals surface area contributed by atoms with E-state index < -0.39 is 0 Å². The Hall–Kier alpha value is -0.380. The van der Waals surface area contributed by atoms with Crippen molar-refractivity contribution in [2.75, 3.05) is 0 Å². The summed E-state index contributed by atoms with van der Waals surface area (Å²) < 4.78 is 0. The zero-order chi connectivity index (χ0) is 9.47. The molecule has 13 heavy (non-hydrogen) atoms. The molecule has 0 bridgehead atoms. The maximum absolute atomic E-state index is 11.4. The second kappa shape index (κ2) is 3.08. The van der Waals surface area contributed by atoms with Gasteiger partial charge in [-0.25, -0.2) is 0 Å². The molecule has 1 aliphatic carbocycles. The fourth-order valence-corrected chi connectivity index (χ4v) is 3.18. The maximum atomic E-state index is 11.4. The molecule has 72 valence electrons. The monoisotopic (exact) mass is 245 g/mol. The molecule has 1 saturated heterocycles. The minimum atomic E-state index is -0.166. The average Bonchev–Trinajstić information content (AvgIpc) is 2.50. The molecule has 2 rings (SSSR count). The van der Waals surface area contributed by atoms with Crippen LogP contribution in [-0.2, 0) is 9.59 Å². The van der Waals surface area contributed by atoms with Gasteiger partial charge in [0.2, 0.25) is 11.8 Å². The van der Waals surface area contributed by atoms with Crippen LogP contribution in [0.5, 0.6) is 0 Å². The molecule has 1 N–H and O–H groups in total. The molecule has 0 aromatic heterocycles. The van der Waals surface area contributed by atoms with Crippen LogP contribution in [0.1, 0.15) is 32.1 Å². The third-order valence-electron chi connectivity index (χ3n) is 3.14. The summed E-state index contributed by atoms with van der Waals surface area (Å²) in [6.07, 6.45) is 4.80. The standard InChI is InChI=1S/C9H12BrNO2/c10-7-8(13)11-6(12)5-9(7)3-1-2-4-9/h7H,1-5H2,(H,11,12,13). The Bertz CT molecular complexity index is 258. The van der Waals surface area contributed by atoms with Gasteiger partial charge >= 0.3 is 0 Å². The highest BCUT2D eigenvalue weighted by atomic mass is 79.9. The lowest BCUT2D eigenvalue weighted by atomic mass is 9.77. The minimum absolute atomic E-state index is 0.0700. The Balaban J connectivity index is 2.25. The Morgan fingerprint density at radius 3 is 2.54 bits per heavy atom. The predicted molar refractivity (Wildman–Crippen MR) is 51.4 cm³/mol. The van der Waals surface area contributed by atoms with E-state index in [0.29, 0.717) is 6.42 Å². The van der Waals surface area contributed by atoms with E-state index in [1.807, 2.05) is 0 Å². The van der Waals surface area contributed by atoms with Crippen LogP contribution in [0.2, 0.25) is 0 Å². The molecule has 0 radical (unpaired) electrons. The van der Waals surface area contributed by atoms with E-state index in [1.54, 1.807) is 0 Å². The molecule has 0 aromatic rings. The van der Waals surface area contributed by atoms with Crippen molar-refractivity contribution in [1.82, 2.24) is 5.32 Å². The number of imide groups is 1. The number of halogens is 1. The van der Waals surface area contributed by atoms with E-state index in [1.165, 1.54) is 0 Å². The number of hydrogen-bond donors (Lipinski definition) is 1. The van der Waals surface area contributed by atoms with Crippen molar-refractivity contribution < 1.29 is 9.59 Å². The molecule has 1 heterocycles. The Kier molecular flexibility index (Phi) is 2.18. The second-order valence-electron chi connectivity index (χ2n) is 4.02. The lowest BCUT2D eigenvalue weighted by Gasteiger charge is -2.36. The van der Waals surface area contributed by atoms with Crippen molar-refractivity contribution in [1.29, 1.82) is 0 Å². The first-order valence-electron chi connectivity index (χ1n) is 4.62. The van der Waals surface area contributed by atoms with E-state index >= 15 is 0 Å². The first-order chi connectivity index (χ1) is 6.14. The smallest absolute Gasteiger partial charge is 0.240 e. The summed E-state index contributed by atoms with van der Waals surface area (Å²) in [7, 11) is 0. The SMILES string of the molecule is O=C1CC2(CCCC2)C(Br)C(=O)N1. The van der Waals surface area contributed by atoms with Gasteiger partial charge in [-0.15, -0.1) is 0 Å². The van der Waals surface area contributed by atoms with Gasteiger partial charge in [-0.05, 0) is 12.8 Å². The summed E-state index contributed by atoms with van der Waals surface area (Å²) >= 11 is 3.40. The molecule has 0 aromatic carbocycles. The number of amides is 2. The lowest BCUT2D eigenvalue weighted by Crippen LogP contribution is -2.51. The van der Waals surface area contributed by atoms with Gasteiger partial charge in [-0.2, -0.15) is 0 Å². The van der Waals surface area contributed by atoms with E-state index in [9.17, 15) is 9.59 Å². The zero-order valence-electron chi connectivity index (χ0n) is 7.31. The zero-order valence-corrected chi connectivity index (χ0v) is 8.89. The molecule has 1 spiro atoms. The molecule has 1 unspecified atom stereocenters. The third kappa shape index (κ3) is 1.41. The number of rotatable bonds is 0. The highest BCUT2D eigenvalue weighted by Gasteiger charge is 2.48. The van der Waals surface area contributed by atoms with Gasteiger partial charge in [0.05, 0.1) is 4.83 Å². The topological polar surface area (TPSA) is 46.2 Å². The molecule has 1 atom stereocenters. The molecular weight excluding hydrogens is 234 g/mol. The van der Waals surface area contributed by atoms with E-state index in [0.717, 1.165) is 25.7 Å². The Morgan fingerprint density at radius 2 is 1.92 bits per heavy atom. The number of piperidine rings is 1. The summed E-state index contributed by atoms with van der Waals surface area (Å²) in [4.78, 5) is 22.4. The van der Waals surface area contributed by atoms with Crippen molar-refractivity contribution in [3.05, 3.63) is 0 Å². The third-order valence-corrected chi connectivity index (χ3v) is 4.53. The molecule has 2 fully saturated rings. The van der Waals surface area contributed by atoms with Gasteiger partial charge < -0.3 is 0 Å². The van der Waals surface area contributed by atoms with Crippen molar-refractivity contribution in [3.63, 3.8) is 0 Å². The van der Waals surface area contributed by atoms with Crippen molar-refractivity contribution >= 4 is 27.7 Å². The number of carbonyl (C=O) groups excluding carboxylic acids is 2. The van der Waals surface area contributed by atoms with Crippen LogP contribution >= 0.6 is 15.9 Å². The van der Waals surface area contributed by atoms with Gasteiger partial charge in [0.1, 0.15) is 0 Å². The van der Waals surface area contributed by atoms with Crippen molar-refractivity contribution in [2.45, 2.75) is 36.9 Å². The number of nitrogens with one attached hydrogen (secondary N) is 1. The summed E-state index contributed by atoms with van der Waals surface area (Å²) in [6, 6.07) is 0. The highest BCUT2D eigenvalue weighted by molar-refractivity contribution is 9.10. The largest absolute Gasteiger partial charge is 0.295 e. The van der Waals surface area contributed by atoms with Crippen LogP contribution < -0.4 is 5.32 Å². The minimum Gasteiger partial charge on any atom is -0.295 e. The van der Waals surface area contributed by atoms with Crippen molar-refractivity contribution in [3.8, 4) is 0 Å². The van der Waals surface area contributed by atoms with Crippen LogP contribution in [0.3, 0.4) is 0 Å². The molecule has 2 amide bonds. The average molecular weight is 246 g/mol. The number of alkyl halides is 1. The first-order valence-corrected chi connectivity index (χ1v) is 5.53. The lowest BCUT2D eigenvalue weighted by molar-refractivity contribution is -0.136. The number of hydrogen-bond acceptors (Lipinski definition) is 2. The molecule has 4 heteroatoms. The van der Waals surface area contributed by atoms with E-state index in [4.69, 9.17) is 0 Å². The maximum Gasteiger partial charge on any atom is 0.240 e. The molecule has 2 aliphatic rings. The second-order valence-corrected chi connectivity index (χ2v) is 4.94. The van der Waals surface area contributed by atoms with Crippen LogP contribution in [0.4, 0.5) is 0 Å². The van der Waals surface area contributed by atoms with Gasteiger partial charge in [0, 0.05) is 11.8 Å². The summed E-state index contributed by atoms with van der Waals surface area (Å²) in [5.74, 6) is -0.263. The molecule has 1 saturated carbocycles. The Labute approximate surface area is 85.4 Å². The van der Waals surface area contributed by atoms with Gasteiger partial charge in [-0.1, -0.05) is 28.8 Å². The van der Waals surface area contributed by atoms with Crippen LogP contribution in [-0.4, -0.2) is 16.6 Å². The normalized spacial score (nSPS) is 32.2. The van der Waals surface area contributed by atoms with Gasteiger partial charge in [0.25, 0.3) is 0 Å². The fraction of sp³-hybridized carbons (Fsp3) is 0.778. The quantitative estimate of drug-likeness (QED) is 0.518. The highest BCUT2D eigenvalue weighted by Crippen LogP contribution is 2.48. The molecular formula is C9H12BrNO2. The van der Waals surface area contributed by atoms with Gasteiger partial charge in [-0.3, -0.25) is 14.9 Å². The fourth-order valence-electron chi connectivity index (χ4n) is 2.44. The number of carbonyl (C=O) groups is 2. The Morgan fingerprint density at radius 1 is 1.31 bits per heavy atom. The summed E-state index contributed by atoms with van der Waals surface area (Å²) in [6.45, 7) is 0. The van der Waals surface area contributed by atoms with Crippen LogP contribution in [0.15, 0.2) is 0 Å². The molecule has 1 aliphatic heterocycles. The predicted octanol–water partition coefficient (Wildman–Crippen LogP) is 1.36. The first kappa shape index (κ1) is 9.19. The van der Waals surface area contributed by atoms with Gasteiger partial charge in [0.15, 0.2) is 0 Å². The summed E-state index contributed by atoms with van der Waals surface area (Å²) in [5, 5.41) is 2.36. The van der Waals surface area contributed by atoms with Crippen LogP contribution in [0.25, 0.3) is 0 Å². The van der Waals surface area contributed by atoms with E-state index in [2.05, 4.69) is 21.2 Å². The van der Waals surface area contributed by atoms with Crippen LogP contribution in [0, 0.1) is 5.41 Å². The molecule has 3 nitrogen and oxygen atoms in total.